The van der Waals surface area contributed by atoms with Gasteiger partial charge in [0.25, 0.3) is 5.91 Å². The first kappa shape index (κ1) is 19.1. The topological polar surface area (TPSA) is 54.0 Å². The van der Waals surface area contributed by atoms with Gasteiger partial charge in [0.1, 0.15) is 5.82 Å². The van der Waals surface area contributed by atoms with Crippen LogP contribution in [0.25, 0.3) is 0 Å². The van der Waals surface area contributed by atoms with Gasteiger partial charge in [-0.05, 0) is 44.3 Å². The first-order chi connectivity index (χ1) is 8.75. The lowest BCUT2D eigenvalue weighted by atomic mass is 9.96. The number of rotatable bonds is 4. The third-order valence-electron chi connectivity index (χ3n) is 3.20. The van der Waals surface area contributed by atoms with Crippen molar-refractivity contribution in [1.29, 1.82) is 0 Å². The average Bonchev–Trinajstić information content (AvgIpc) is 2.40. The van der Waals surface area contributed by atoms with E-state index >= 15 is 0 Å². The molecule has 1 aliphatic heterocycles. The number of halogens is 3. The molecule has 4 nitrogen and oxygen atoms in total. The van der Waals surface area contributed by atoms with Crippen LogP contribution in [-0.2, 0) is 0 Å². The van der Waals surface area contributed by atoms with E-state index < -0.39 is 5.82 Å². The van der Waals surface area contributed by atoms with Gasteiger partial charge in [-0.15, -0.1) is 24.8 Å². The fraction of sp³-hybridized carbons (Fsp3) is 0.538. The van der Waals surface area contributed by atoms with Gasteiger partial charge >= 0.3 is 0 Å². The SMILES string of the molecule is Cl.Cl.O=C(NCCC1CCCNC1)c1cncc(F)c1. The van der Waals surface area contributed by atoms with Crippen LogP contribution in [-0.4, -0.2) is 30.5 Å². The van der Waals surface area contributed by atoms with Crippen LogP contribution < -0.4 is 10.6 Å². The van der Waals surface area contributed by atoms with E-state index in [1.165, 1.54) is 25.1 Å². The van der Waals surface area contributed by atoms with E-state index in [9.17, 15) is 9.18 Å². The van der Waals surface area contributed by atoms with E-state index in [1.807, 2.05) is 0 Å². The van der Waals surface area contributed by atoms with Crippen LogP contribution in [0.4, 0.5) is 4.39 Å². The number of carbonyl (C=O) groups excluding carboxylic acids is 1. The minimum atomic E-state index is -0.487. The third-order valence-corrected chi connectivity index (χ3v) is 3.20. The molecule has 0 spiro atoms. The molecule has 1 amide bonds. The Morgan fingerprint density at radius 3 is 2.90 bits per heavy atom. The van der Waals surface area contributed by atoms with Crippen molar-refractivity contribution in [2.24, 2.45) is 5.92 Å². The molecule has 0 bridgehead atoms. The van der Waals surface area contributed by atoms with Gasteiger partial charge in [-0.1, -0.05) is 0 Å². The molecule has 1 aromatic rings. The fourth-order valence-corrected chi connectivity index (χ4v) is 2.20. The Morgan fingerprint density at radius 2 is 2.25 bits per heavy atom. The lowest BCUT2D eigenvalue weighted by Crippen LogP contribution is -2.33. The molecule has 0 radical (unpaired) electrons. The predicted octanol–water partition coefficient (Wildman–Crippen LogP) is 2.18. The van der Waals surface area contributed by atoms with Crippen LogP contribution in [0.1, 0.15) is 29.6 Å². The monoisotopic (exact) mass is 323 g/mol. The molecule has 1 atom stereocenters. The zero-order chi connectivity index (χ0) is 12.8. The first-order valence-corrected chi connectivity index (χ1v) is 6.35. The van der Waals surface area contributed by atoms with Crippen molar-refractivity contribution >= 4 is 30.7 Å². The molecular weight excluding hydrogens is 304 g/mol. The Kier molecular flexibility index (Phi) is 9.46. The highest BCUT2D eigenvalue weighted by molar-refractivity contribution is 5.93. The molecule has 20 heavy (non-hydrogen) atoms. The van der Waals surface area contributed by atoms with Gasteiger partial charge in [0.05, 0.1) is 11.8 Å². The van der Waals surface area contributed by atoms with Crippen molar-refractivity contribution in [3.63, 3.8) is 0 Å². The second kappa shape index (κ2) is 9.91. The molecule has 1 saturated heterocycles. The molecule has 2 rings (SSSR count). The van der Waals surface area contributed by atoms with Gasteiger partial charge < -0.3 is 10.6 Å². The van der Waals surface area contributed by atoms with E-state index in [-0.39, 0.29) is 36.3 Å². The second-order valence-electron chi connectivity index (χ2n) is 4.65. The Balaban J connectivity index is 0.00000180. The van der Waals surface area contributed by atoms with Crippen molar-refractivity contribution < 1.29 is 9.18 Å². The van der Waals surface area contributed by atoms with E-state index in [0.717, 1.165) is 25.7 Å². The molecule has 1 unspecified atom stereocenters. The number of hydrogen-bond acceptors (Lipinski definition) is 3. The van der Waals surface area contributed by atoms with Gasteiger partial charge in [-0.2, -0.15) is 0 Å². The van der Waals surface area contributed by atoms with Crippen molar-refractivity contribution in [3.8, 4) is 0 Å². The molecular formula is C13H20Cl2FN3O. The van der Waals surface area contributed by atoms with Crippen molar-refractivity contribution in [1.82, 2.24) is 15.6 Å². The molecule has 7 heteroatoms. The predicted molar refractivity (Wildman–Crippen MR) is 81.2 cm³/mol. The Bertz CT molecular complexity index is 414. The highest BCUT2D eigenvalue weighted by Crippen LogP contribution is 2.13. The summed E-state index contributed by atoms with van der Waals surface area (Å²) in [4.78, 5) is 15.4. The van der Waals surface area contributed by atoms with Crippen LogP contribution in [0.15, 0.2) is 18.5 Å². The summed E-state index contributed by atoms with van der Waals surface area (Å²) in [7, 11) is 0. The van der Waals surface area contributed by atoms with Gasteiger partial charge in [-0.25, -0.2) is 4.39 Å². The minimum absolute atomic E-state index is 0. The third kappa shape index (κ3) is 6.03. The van der Waals surface area contributed by atoms with Gasteiger partial charge in [-0.3, -0.25) is 9.78 Å². The lowest BCUT2D eigenvalue weighted by molar-refractivity contribution is 0.0950. The Morgan fingerprint density at radius 1 is 1.45 bits per heavy atom. The van der Waals surface area contributed by atoms with E-state index in [0.29, 0.717) is 12.5 Å². The number of hydrogen-bond donors (Lipinski definition) is 2. The lowest BCUT2D eigenvalue weighted by Gasteiger charge is -2.22. The summed E-state index contributed by atoms with van der Waals surface area (Å²) in [6.45, 7) is 2.75. The summed E-state index contributed by atoms with van der Waals surface area (Å²) < 4.78 is 12.9. The maximum atomic E-state index is 12.9. The highest BCUT2D eigenvalue weighted by atomic mass is 35.5. The standard InChI is InChI=1S/C13H18FN3O.2ClH/c14-12-6-11(8-16-9-12)13(18)17-5-3-10-2-1-4-15-7-10;;/h6,8-10,15H,1-5,7H2,(H,17,18);2*1H. The summed E-state index contributed by atoms with van der Waals surface area (Å²) in [6, 6.07) is 1.20. The molecule has 2 heterocycles. The van der Waals surface area contributed by atoms with E-state index in [1.54, 1.807) is 0 Å². The van der Waals surface area contributed by atoms with Crippen LogP contribution in [0, 0.1) is 11.7 Å². The van der Waals surface area contributed by atoms with E-state index in [4.69, 9.17) is 0 Å². The minimum Gasteiger partial charge on any atom is -0.352 e. The molecule has 0 aromatic carbocycles. The average molecular weight is 324 g/mol. The second-order valence-corrected chi connectivity index (χ2v) is 4.65. The van der Waals surface area contributed by atoms with Gasteiger partial charge in [0.2, 0.25) is 0 Å². The number of nitrogens with zero attached hydrogens (tertiary/aromatic N) is 1. The quantitative estimate of drug-likeness (QED) is 0.893. The largest absolute Gasteiger partial charge is 0.352 e. The zero-order valence-corrected chi connectivity index (χ0v) is 12.7. The molecule has 114 valence electrons. The van der Waals surface area contributed by atoms with Crippen LogP contribution in [0.3, 0.4) is 0 Å². The molecule has 1 fully saturated rings. The number of piperidine rings is 1. The summed E-state index contributed by atoms with van der Waals surface area (Å²) in [5.41, 5.74) is 0.275. The Labute approximate surface area is 130 Å². The van der Waals surface area contributed by atoms with Gasteiger partial charge in [0.15, 0.2) is 0 Å². The molecule has 1 aliphatic rings. The molecule has 0 saturated carbocycles. The number of nitrogens with one attached hydrogen (secondary N) is 2. The highest BCUT2D eigenvalue weighted by Gasteiger charge is 2.13. The number of pyridine rings is 1. The summed E-state index contributed by atoms with van der Waals surface area (Å²) in [6.07, 6.45) is 5.84. The molecule has 0 aliphatic carbocycles. The van der Waals surface area contributed by atoms with Crippen LogP contribution in [0.2, 0.25) is 0 Å². The van der Waals surface area contributed by atoms with Crippen molar-refractivity contribution in [3.05, 3.63) is 29.8 Å². The summed E-state index contributed by atoms with van der Waals surface area (Å²) >= 11 is 0. The molecule has 1 aromatic heterocycles. The number of aromatic nitrogens is 1. The van der Waals surface area contributed by atoms with Crippen LogP contribution >= 0.6 is 24.8 Å². The van der Waals surface area contributed by atoms with E-state index in [2.05, 4.69) is 15.6 Å². The van der Waals surface area contributed by atoms with Crippen LogP contribution in [0.5, 0.6) is 0 Å². The number of amides is 1. The maximum absolute atomic E-state index is 12.9. The smallest absolute Gasteiger partial charge is 0.252 e. The summed E-state index contributed by atoms with van der Waals surface area (Å²) in [5.74, 6) is -0.116. The van der Waals surface area contributed by atoms with Crippen molar-refractivity contribution in [2.75, 3.05) is 19.6 Å². The number of carbonyl (C=O) groups is 1. The molecule has 2 N–H and O–H groups in total. The maximum Gasteiger partial charge on any atom is 0.252 e. The van der Waals surface area contributed by atoms with Crippen molar-refractivity contribution in [2.45, 2.75) is 19.3 Å². The first-order valence-electron chi connectivity index (χ1n) is 6.35. The Hall–Kier alpha value is -0.910. The fourth-order valence-electron chi connectivity index (χ4n) is 2.20. The zero-order valence-electron chi connectivity index (χ0n) is 11.1. The normalized spacial score (nSPS) is 17.6. The summed E-state index contributed by atoms with van der Waals surface area (Å²) in [5, 5.41) is 6.14. The van der Waals surface area contributed by atoms with Gasteiger partial charge in [0, 0.05) is 12.7 Å².